The molecule has 0 radical (unpaired) electrons. The van der Waals surface area contributed by atoms with E-state index < -0.39 is 0 Å². The number of hydrogen-bond acceptors (Lipinski definition) is 2. The van der Waals surface area contributed by atoms with Crippen LogP contribution < -0.4 is 5.32 Å². The first-order valence-electron chi connectivity index (χ1n) is 7.29. The van der Waals surface area contributed by atoms with E-state index in [0.717, 1.165) is 21.5 Å². The molecule has 1 fully saturated rings. The zero-order valence-electron chi connectivity index (χ0n) is 12.4. The van der Waals surface area contributed by atoms with Gasteiger partial charge in [-0.05, 0) is 43.0 Å². The number of rotatable bonds is 4. The maximum absolute atomic E-state index is 6.31. The van der Waals surface area contributed by atoms with E-state index in [1.54, 1.807) is 0 Å². The van der Waals surface area contributed by atoms with Crippen LogP contribution in [-0.2, 0) is 0 Å². The molecule has 0 saturated heterocycles. The van der Waals surface area contributed by atoms with Crippen LogP contribution in [0.15, 0.2) is 23.1 Å². The summed E-state index contributed by atoms with van der Waals surface area (Å²) in [6, 6.07) is 6.24. The molecule has 2 rings (SSSR count). The third-order valence-electron chi connectivity index (χ3n) is 4.12. The van der Waals surface area contributed by atoms with Gasteiger partial charge < -0.3 is 5.32 Å². The SMILES string of the molecule is CCNC1C(Sc2cc(Cl)ccc2Cl)CCCC1(C)C. The van der Waals surface area contributed by atoms with Gasteiger partial charge in [0.2, 0.25) is 0 Å². The molecule has 4 heteroatoms. The molecule has 0 aliphatic heterocycles. The molecule has 1 nitrogen and oxygen atoms in total. The fourth-order valence-corrected chi connectivity index (χ4v) is 5.14. The summed E-state index contributed by atoms with van der Waals surface area (Å²) in [5.41, 5.74) is 0.330. The minimum atomic E-state index is 0.330. The Balaban J connectivity index is 2.19. The molecule has 1 aromatic rings. The zero-order valence-corrected chi connectivity index (χ0v) is 14.7. The lowest BCUT2D eigenvalue weighted by molar-refractivity contribution is 0.176. The van der Waals surface area contributed by atoms with Gasteiger partial charge in [0.25, 0.3) is 0 Å². The molecule has 0 aromatic heterocycles. The summed E-state index contributed by atoms with van der Waals surface area (Å²) < 4.78 is 0. The van der Waals surface area contributed by atoms with Crippen molar-refractivity contribution in [2.24, 2.45) is 5.41 Å². The highest BCUT2D eigenvalue weighted by atomic mass is 35.5. The zero-order chi connectivity index (χ0) is 14.8. The molecular weight excluding hydrogens is 309 g/mol. The molecule has 0 spiro atoms. The summed E-state index contributed by atoms with van der Waals surface area (Å²) >= 11 is 14.3. The summed E-state index contributed by atoms with van der Waals surface area (Å²) in [6.45, 7) is 7.92. The third-order valence-corrected chi connectivity index (χ3v) is 6.20. The van der Waals surface area contributed by atoms with Crippen molar-refractivity contribution >= 4 is 35.0 Å². The summed E-state index contributed by atoms with van der Waals surface area (Å²) in [5.74, 6) is 0. The van der Waals surface area contributed by atoms with Gasteiger partial charge in [0, 0.05) is 21.2 Å². The van der Waals surface area contributed by atoms with Gasteiger partial charge in [-0.1, -0.05) is 50.4 Å². The van der Waals surface area contributed by atoms with Crippen LogP contribution in [0, 0.1) is 5.41 Å². The van der Waals surface area contributed by atoms with Crippen LogP contribution in [0.4, 0.5) is 0 Å². The highest BCUT2D eigenvalue weighted by molar-refractivity contribution is 8.00. The molecule has 0 heterocycles. The topological polar surface area (TPSA) is 12.0 Å². The normalized spacial score (nSPS) is 25.6. The quantitative estimate of drug-likeness (QED) is 0.765. The van der Waals surface area contributed by atoms with E-state index in [4.69, 9.17) is 23.2 Å². The average Bonchev–Trinajstić information content (AvgIpc) is 2.38. The summed E-state index contributed by atoms with van der Waals surface area (Å²) in [6.07, 6.45) is 3.80. The van der Waals surface area contributed by atoms with Crippen LogP contribution in [0.25, 0.3) is 0 Å². The molecule has 0 amide bonds. The molecule has 2 atom stereocenters. The van der Waals surface area contributed by atoms with Gasteiger partial charge >= 0.3 is 0 Å². The number of thioether (sulfide) groups is 1. The fourth-order valence-electron chi connectivity index (χ4n) is 3.07. The molecule has 20 heavy (non-hydrogen) atoms. The molecule has 1 N–H and O–H groups in total. The average molecular weight is 332 g/mol. The minimum Gasteiger partial charge on any atom is -0.313 e. The maximum atomic E-state index is 6.31. The Hall–Kier alpha value is 0.110. The van der Waals surface area contributed by atoms with Gasteiger partial charge in [-0.3, -0.25) is 0 Å². The van der Waals surface area contributed by atoms with Crippen molar-refractivity contribution < 1.29 is 0 Å². The van der Waals surface area contributed by atoms with E-state index in [1.807, 2.05) is 30.0 Å². The van der Waals surface area contributed by atoms with Crippen molar-refractivity contribution in [3.05, 3.63) is 28.2 Å². The Morgan fingerprint density at radius 1 is 1.35 bits per heavy atom. The van der Waals surface area contributed by atoms with E-state index in [0.29, 0.717) is 16.7 Å². The first kappa shape index (κ1) is 16.5. The third kappa shape index (κ3) is 3.85. The first-order chi connectivity index (χ1) is 9.44. The fraction of sp³-hybridized carbons (Fsp3) is 0.625. The Morgan fingerprint density at radius 2 is 2.10 bits per heavy atom. The number of halogens is 2. The van der Waals surface area contributed by atoms with Crippen LogP contribution in [0.1, 0.15) is 40.0 Å². The minimum absolute atomic E-state index is 0.330. The summed E-state index contributed by atoms with van der Waals surface area (Å²) in [5, 5.41) is 5.79. The second-order valence-corrected chi connectivity index (χ2v) is 8.27. The second-order valence-electron chi connectivity index (χ2n) is 6.15. The van der Waals surface area contributed by atoms with E-state index in [-0.39, 0.29) is 0 Å². The summed E-state index contributed by atoms with van der Waals surface area (Å²) in [4.78, 5) is 1.10. The summed E-state index contributed by atoms with van der Waals surface area (Å²) in [7, 11) is 0. The van der Waals surface area contributed by atoms with Crippen LogP contribution >= 0.6 is 35.0 Å². The second kappa shape index (κ2) is 6.91. The van der Waals surface area contributed by atoms with Crippen LogP contribution in [0.3, 0.4) is 0 Å². The van der Waals surface area contributed by atoms with Crippen molar-refractivity contribution in [1.82, 2.24) is 5.32 Å². The van der Waals surface area contributed by atoms with E-state index in [9.17, 15) is 0 Å². The van der Waals surface area contributed by atoms with Gasteiger partial charge in [0.1, 0.15) is 0 Å². The lowest BCUT2D eigenvalue weighted by atomic mass is 9.73. The van der Waals surface area contributed by atoms with E-state index in [1.165, 1.54) is 19.3 Å². The molecule has 2 unspecified atom stereocenters. The monoisotopic (exact) mass is 331 g/mol. The Bertz CT molecular complexity index is 462. The smallest absolute Gasteiger partial charge is 0.0543 e. The molecule has 1 aliphatic carbocycles. The van der Waals surface area contributed by atoms with Crippen molar-refractivity contribution in [2.75, 3.05) is 6.54 Å². The molecule has 0 bridgehead atoms. The van der Waals surface area contributed by atoms with Gasteiger partial charge in [-0.15, -0.1) is 11.8 Å². The Kier molecular flexibility index (Phi) is 5.70. The van der Waals surface area contributed by atoms with E-state index in [2.05, 4.69) is 26.1 Å². The standard InChI is InChI=1S/C16H23Cl2NS/c1-4-19-15-13(6-5-9-16(15,2)3)20-14-10-11(17)7-8-12(14)18/h7-8,10,13,15,19H,4-6,9H2,1-3H3. The number of nitrogens with one attached hydrogen (secondary N) is 1. The van der Waals surface area contributed by atoms with Gasteiger partial charge in [-0.2, -0.15) is 0 Å². The molecule has 112 valence electrons. The van der Waals surface area contributed by atoms with Crippen LogP contribution in [-0.4, -0.2) is 17.8 Å². The Morgan fingerprint density at radius 3 is 2.80 bits per heavy atom. The molecule has 1 aliphatic rings. The van der Waals surface area contributed by atoms with Crippen LogP contribution in [0.5, 0.6) is 0 Å². The van der Waals surface area contributed by atoms with Gasteiger partial charge in [0.15, 0.2) is 0 Å². The largest absolute Gasteiger partial charge is 0.313 e. The molecular formula is C16H23Cl2NS. The lowest BCUT2D eigenvalue weighted by Crippen LogP contribution is -2.51. The predicted molar refractivity (Wildman–Crippen MR) is 91.2 cm³/mol. The van der Waals surface area contributed by atoms with Crippen LogP contribution in [0.2, 0.25) is 10.0 Å². The molecule has 1 aromatic carbocycles. The first-order valence-corrected chi connectivity index (χ1v) is 8.92. The van der Waals surface area contributed by atoms with Gasteiger partial charge in [0.05, 0.1) is 5.02 Å². The van der Waals surface area contributed by atoms with Crippen molar-refractivity contribution in [3.63, 3.8) is 0 Å². The highest BCUT2D eigenvalue weighted by Gasteiger charge is 2.39. The van der Waals surface area contributed by atoms with E-state index >= 15 is 0 Å². The predicted octanol–water partition coefficient (Wildman–Crippen LogP) is 5.64. The maximum Gasteiger partial charge on any atom is 0.0543 e. The van der Waals surface area contributed by atoms with Crippen molar-refractivity contribution in [3.8, 4) is 0 Å². The lowest BCUT2D eigenvalue weighted by Gasteiger charge is -2.44. The highest BCUT2D eigenvalue weighted by Crippen LogP contribution is 2.44. The number of benzene rings is 1. The van der Waals surface area contributed by atoms with Crippen molar-refractivity contribution in [2.45, 2.75) is 56.2 Å². The number of hydrogen-bond donors (Lipinski definition) is 1. The van der Waals surface area contributed by atoms with Crippen molar-refractivity contribution in [1.29, 1.82) is 0 Å². The van der Waals surface area contributed by atoms with Gasteiger partial charge in [-0.25, -0.2) is 0 Å². The molecule has 1 saturated carbocycles. The Labute approximate surface area is 136 Å².